The number of ether oxygens (including phenoxy) is 2. The Bertz CT molecular complexity index is 2040. The number of rotatable bonds is 13. The Morgan fingerprint density at radius 2 is 1.68 bits per heavy atom. The lowest BCUT2D eigenvalue weighted by Gasteiger charge is -2.34. The molecule has 0 bridgehead atoms. The van der Waals surface area contributed by atoms with Crippen LogP contribution in [0.4, 0.5) is 34.8 Å². The van der Waals surface area contributed by atoms with E-state index in [1.165, 1.54) is 68.6 Å². The molecule has 0 aliphatic rings. The largest absolute Gasteiger partial charge is 0.494 e. The van der Waals surface area contributed by atoms with Crippen LogP contribution in [0.25, 0.3) is 10.8 Å². The van der Waals surface area contributed by atoms with Gasteiger partial charge in [-0.25, -0.2) is 22.6 Å². The van der Waals surface area contributed by atoms with Crippen LogP contribution in [-0.4, -0.2) is 49.7 Å². The van der Waals surface area contributed by atoms with Crippen molar-refractivity contribution in [2.45, 2.75) is 50.5 Å². The lowest BCUT2D eigenvalue weighted by atomic mass is 9.98. The summed E-state index contributed by atoms with van der Waals surface area (Å²) in [5.74, 6) is -6.45. The number of nitrogens with two attached hydrogens (primary N) is 1. The van der Waals surface area contributed by atoms with Crippen LogP contribution in [0.15, 0.2) is 71.8 Å². The molecular formula is C33H33F4N5O7S. The number of nitrogens with zero attached hydrogens (tertiary/aromatic N) is 1. The molecule has 0 saturated heterocycles. The third-order valence-electron chi connectivity index (χ3n) is 7.24. The highest BCUT2D eigenvalue weighted by molar-refractivity contribution is 7.91. The molecule has 4 aromatic rings. The van der Waals surface area contributed by atoms with Gasteiger partial charge < -0.3 is 31.2 Å². The van der Waals surface area contributed by atoms with Crippen molar-refractivity contribution in [3.05, 3.63) is 83.8 Å². The fraction of sp³-hybridized carbons (Fsp3) is 0.273. The third-order valence-corrected chi connectivity index (χ3v) is 9.07. The van der Waals surface area contributed by atoms with Crippen LogP contribution >= 0.6 is 0 Å². The van der Waals surface area contributed by atoms with Crippen LogP contribution in [0.5, 0.6) is 5.75 Å². The molecule has 1 heterocycles. The molecule has 17 heteroatoms. The van der Waals surface area contributed by atoms with E-state index in [1.54, 1.807) is 6.92 Å². The zero-order chi connectivity index (χ0) is 36.9. The first kappa shape index (κ1) is 37.4. The number of pyridine rings is 1. The van der Waals surface area contributed by atoms with Crippen LogP contribution in [0.3, 0.4) is 0 Å². The van der Waals surface area contributed by atoms with E-state index in [2.05, 4.69) is 20.9 Å². The molecule has 1 atom stereocenters. The van der Waals surface area contributed by atoms with E-state index in [9.17, 15) is 36.0 Å². The van der Waals surface area contributed by atoms with E-state index in [0.29, 0.717) is 17.2 Å². The number of aromatic nitrogens is 1. The first-order valence-corrected chi connectivity index (χ1v) is 16.7. The lowest BCUT2D eigenvalue weighted by Crippen LogP contribution is -2.55. The second kappa shape index (κ2) is 15.0. The van der Waals surface area contributed by atoms with Crippen molar-refractivity contribution in [3.8, 4) is 5.75 Å². The monoisotopic (exact) mass is 719 g/mol. The number of anilines is 3. The van der Waals surface area contributed by atoms with E-state index in [0.717, 1.165) is 12.1 Å². The molecule has 0 radical (unpaired) electrons. The number of benzene rings is 3. The topological polar surface area (TPSA) is 179 Å². The van der Waals surface area contributed by atoms with Gasteiger partial charge >= 0.3 is 12.1 Å². The van der Waals surface area contributed by atoms with Gasteiger partial charge in [0.05, 0.1) is 22.8 Å². The van der Waals surface area contributed by atoms with E-state index in [-0.39, 0.29) is 45.8 Å². The van der Waals surface area contributed by atoms with Gasteiger partial charge in [-0.05, 0) is 78.0 Å². The van der Waals surface area contributed by atoms with Crippen LogP contribution in [0.2, 0.25) is 0 Å². The number of alkyl halides is 3. The number of esters is 1. The number of fused-ring (bicyclic) bond motifs is 1. The summed E-state index contributed by atoms with van der Waals surface area (Å²) >= 11 is 0. The number of nitrogens with one attached hydrogen (secondary N) is 3. The zero-order valence-corrected chi connectivity index (χ0v) is 27.8. The van der Waals surface area contributed by atoms with E-state index in [1.807, 2.05) is 0 Å². The predicted octanol–water partition coefficient (Wildman–Crippen LogP) is 5.18. The molecule has 5 N–H and O–H groups in total. The molecule has 50 heavy (non-hydrogen) atoms. The molecule has 2 amide bonds. The molecule has 1 unspecified atom stereocenters. The summed E-state index contributed by atoms with van der Waals surface area (Å²) in [5, 5.41) is 8.12. The Morgan fingerprint density at radius 1 is 0.960 bits per heavy atom. The molecule has 3 aromatic carbocycles. The van der Waals surface area contributed by atoms with Gasteiger partial charge in [-0.1, -0.05) is 13.8 Å². The molecule has 4 rings (SSSR count). The Balaban J connectivity index is 1.93. The summed E-state index contributed by atoms with van der Waals surface area (Å²) in [5.41, 5.74) is 1.71. The van der Waals surface area contributed by atoms with Crippen molar-refractivity contribution < 1.29 is 49.8 Å². The van der Waals surface area contributed by atoms with Gasteiger partial charge in [-0.3, -0.25) is 9.59 Å². The summed E-state index contributed by atoms with van der Waals surface area (Å²) in [6.45, 7) is 3.76. The number of carbonyl (C=O) groups is 3. The van der Waals surface area contributed by atoms with Crippen LogP contribution in [0, 0.1) is 5.82 Å². The molecule has 0 aliphatic carbocycles. The molecular weight excluding hydrogens is 686 g/mol. The summed E-state index contributed by atoms with van der Waals surface area (Å²) in [6.07, 6.45) is -3.80. The number of amides is 2. The molecule has 0 fully saturated rings. The number of sulfone groups is 1. The Hall–Kier alpha value is -5.45. The molecule has 0 aliphatic heterocycles. The standard InChI is InChI=1S/C33H33F4N5O7S/c1-4-14-48-24-8-10-27(34)26(17-24)32(49-31(45)33(35,36)37,42-23-6-9-25-20(15-23)12-13-39-29(25)38)30(44)40-18-21-16-22(41-19(3)43)7-11-28(21)50(46,47)5-2/h6-13,15-17,42H,4-5,14,18H2,1-3H3,(H2,38,39)(H,40,44)(H,41,43). The average Bonchev–Trinajstić information content (AvgIpc) is 3.05. The van der Waals surface area contributed by atoms with Gasteiger partial charge in [0.25, 0.3) is 11.6 Å². The van der Waals surface area contributed by atoms with Gasteiger partial charge in [0.1, 0.15) is 17.4 Å². The zero-order valence-electron chi connectivity index (χ0n) is 27.0. The van der Waals surface area contributed by atoms with E-state index < -0.39 is 57.4 Å². The quantitative estimate of drug-likeness (QED) is 0.0817. The second-order valence-corrected chi connectivity index (χ2v) is 13.2. The summed E-state index contributed by atoms with van der Waals surface area (Å²) in [7, 11) is -3.95. The smallest absolute Gasteiger partial charge is 0.491 e. The van der Waals surface area contributed by atoms with E-state index in [4.69, 9.17) is 15.2 Å². The Kier molecular flexibility index (Phi) is 11.2. The maximum atomic E-state index is 15.8. The second-order valence-electron chi connectivity index (χ2n) is 10.9. The summed E-state index contributed by atoms with van der Waals surface area (Å²) < 4.78 is 93.7. The highest BCUT2D eigenvalue weighted by atomic mass is 32.2. The first-order valence-electron chi connectivity index (χ1n) is 15.1. The maximum absolute atomic E-state index is 15.8. The number of hydrogen-bond acceptors (Lipinski definition) is 10. The number of carbonyl (C=O) groups excluding carboxylic acids is 3. The fourth-order valence-electron chi connectivity index (χ4n) is 4.89. The number of hydrogen-bond donors (Lipinski definition) is 4. The van der Waals surface area contributed by atoms with Crippen molar-refractivity contribution in [2.75, 3.05) is 28.7 Å². The average molecular weight is 720 g/mol. The molecule has 266 valence electrons. The highest BCUT2D eigenvalue weighted by Gasteiger charge is 2.53. The van der Waals surface area contributed by atoms with Crippen LogP contribution in [-0.2, 0) is 41.2 Å². The minimum absolute atomic E-state index is 0.0676. The minimum atomic E-state index is -5.65. The highest BCUT2D eigenvalue weighted by Crippen LogP contribution is 2.37. The molecule has 12 nitrogen and oxygen atoms in total. The first-order chi connectivity index (χ1) is 23.5. The molecule has 0 saturated carbocycles. The molecule has 1 aromatic heterocycles. The van der Waals surface area contributed by atoms with Gasteiger partial charge in [0.15, 0.2) is 9.84 Å². The fourth-order valence-corrected chi connectivity index (χ4v) is 6.01. The SMILES string of the molecule is CCCOc1ccc(F)c(C(Nc2ccc3c(N)nccc3c2)(OC(=O)C(F)(F)F)C(=O)NCc2cc(NC(C)=O)ccc2S(=O)(=O)CC)c1. The summed E-state index contributed by atoms with van der Waals surface area (Å²) in [6, 6.07) is 12.2. The van der Waals surface area contributed by atoms with Gasteiger partial charge in [-0.2, -0.15) is 13.2 Å². The minimum Gasteiger partial charge on any atom is -0.494 e. The van der Waals surface area contributed by atoms with Crippen molar-refractivity contribution in [3.63, 3.8) is 0 Å². The third kappa shape index (κ3) is 8.39. The van der Waals surface area contributed by atoms with Crippen LogP contribution < -0.4 is 26.4 Å². The van der Waals surface area contributed by atoms with Crippen LogP contribution in [0.1, 0.15) is 38.3 Å². The van der Waals surface area contributed by atoms with Gasteiger partial charge in [-0.15, -0.1) is 0 Å². The van der Waals surface area contributed by atoms with Crippen molar-refractivity contribution in [1.82, 2.24) is 10.3 Å². The molecule has 0 spiro atoms. The predicted molar refractivity (Wildman–Crippen MR) is 176 cm³/mol. The van der Waals surface area contributed by atoms with Gasteiger partial charge in [0.2, 0.25) is 5.91 Å². The lowest BCUT2D eigenvalue weighted by molar-refractivity contribution is -0.213. The number of nitrogen functional groups attached to an aromatic ring is 1. The van der Waals surface area contributed by atoms with Crippen molar-refractivity contribution >= 4 is 55.6 Å². The van der Waals surface area contributed by atoms with Crippen molar-refractivity contribution in [1.29, 1.82) is 0 Å². The maximum Gasteiger partial charge on any atom is 0.491 e. The summed E-state index contributed by atoms with van der Waals surface area (Å²) in [4.78, 5) is 42.3. The van der Waals surface area contributed by atoms with E-state index >= 15 is 4.39 Å². The van der Waals surface area contributed by atoms with Gasteiger partial charge in [0, 0.05) is 36.4 Å². The Morgan fingerprint density at radius 3 is 2.34 bits per heavy atom. The normalized spacial score (nSPS) is 12.9. The number of halogens is 4. The van der Waals surface area contributed by atoms with Crippen molar-refractivity contribution in [2.24, 2.45) is 0 Å². The Labute approximate surface area is 284 Å².